The largest absolute Gasteiger partial charge is 0.389 e. The van der Waals surface area contributed by atoms with E-state index in [2.05, 4.69) is 19.2 Å². The second-order valence-corrected chi connectivity index (χ2v) is 7.49. The highest BCUT2D eigenvalue weighted by atomic mass is 16.5. The van der Waals surface area contributed by atoms with E-state index in [0.717, 1.165) is 25.9 Å². The van der Waals surface area contributed by atoms with Crippen molar-refractivity contribution in [1.82, 2.24) is 5.32 Å². The van der Waals surface area contributed by atoms with Gasteiger partial charge < -0.3 is 30.1 Å². The lowest BCUT2D eigenvalue weighted by atomic mass is 9.92. The van der Waals surface area contributed by atoms with Crippen LogP contribution in [0.5, 0.6) is 0 Å². The molecule has 0 aromatic rings. The van der Waals surface area contributed by atoms with Crippen LogP contribution in [0.15, 0.2) is 0 Å². The molecule has 0 radical (unpaired) electrons. The fraction of sp³-hybridized carbons (Fsp3) is 1.00. The van der Waals surface area contributed by atoms with Crippen LogP contribution in [0.25, 0.3) is 0 Å². The first-order valence-corrected chi connectivity index (χ1v) is 10.6. The van der Waals surface area contributed by atoms with Crippen molar-refractivity contribution in [1.29, 1.82) is 0 Å². The van der Waals surface area contributed by atoms with E-state index in [-0.39, 0.29) is 18.7 Å². The van der Waals surface area contributed by atoms with Gasteiger partial charge in [0.25, 0.3) is 0 Å². The van der Waals surface area contributed by atoms with Gasteiger partial charge in [-0.3, -0.25) is 0 Å². The predicted molar refractivity (Wildman–Crippen MR) is 103 cm³/mol. The Morgan fingerprint density at radius 2 is 1.54 bits per heavy atom. The lowest BCUT2D eigenvalue weighted by Gasteiger charge is -2.37. The summed E-state index contributed by atoms with van der Waals surface area (Å²) in [5, 5.41) is 32.8. The number of aliphatic hydroxyl groups excluding tert-OH is 3. The monoisotopic (exact) mass is 375 g/mol. The maximum absolute atomic E-state index is 10.2. The number of piperidine rings is 1. The molecule has 0 amide bonds. The molecule has 0 unspecified atom stereocenters. The smallest absolute Gasteiger partial charge is 0.108 e. The summed E-state index contributed by atoms with van der Waals surface area (Å²) in [4.78, 5) is 0. The summed E-state index contributed by atoms with van der Waals surface area (Å²) in [6.45, 7) is 6.59. The highest BCUT2D eigenvalue weighted by molar-refractivity contribution is 4.93. The van der Waals surface area contributed by atoms with Crippen LogP contribution in [0.4, 0.5) is 0 Å². The van der Waals surface area contributed by atoms with Crippen molar-refractivity contribution in [2.75, 3.05) is 26.4 Å². The minimum absolute atomic E-state index is 0.114. The Labute approximate surface area is 159 Å². The Kier molecular flexibility index (Phi) is 13.5. The summed E-state index contributed by atoms with van der Waals surface area (Å²) in [6.07, 6.45) is 6.72. The molecular weight excluding hydrogens is 334 g/mol. The Hall–Kier alpha value is -0.240. The van der Waals surface area contributed by atoms with E-state index < -0.39 is 18.3 Å². The van der Waals surface area contributed by atoms with Gasteiger partial charge in [0.05, 0.1) is 24.9 Å². The molecule has 0 bridgehead atoms. The van der Waals surface area contributed by atoms with E-state index in [1.807, 2.05) is 0 Å². The summed E-state index contributed by atoms with van der Waals surface area (Å²) in [5.74, 6) is 0. The molecule has 0 aromatic heterocycles. The lowest BCUT2D eigenvalue weighted by molar-refractivity contribution is -0.107. The number of rotatable bonds is 15. The zero-order valence-electron chi connectivity index (χ0n) is 16.7. The average molecular weight is 376 g/mol. The summed E-state index contributed by atoms with van der Waals surface area (Å²) in [5.41, 5.74) is 0. The molecule has 1 aliphatic heterocycles. The molecule has 0 saturated carbocycles. The van der Waals surface area contributed by atoms with Crippen molar-refractivity contribution in [3.63, 3.8) is 0 Å². The van der Waals surface area contributed by atoms with Gasteiger partial charge in [0.1, 0.15) is 6.10 Å². The van der Waals surface area contributed by atoms with E-state index in [0.29, 0.717) is 19.6 Å². The summed E-state index contributed by atoms with van der Waals surface area (Å²) in [6, 6.07) is -0.294. The van der Waals surface area contributed by atoms with Gasteiger partial charge in [0, 0.05) is 25.8 Å². The van der Waals surface area contributed by atoms with Crippen LogP contribution in [0.3, 0.4) is 0 Å². The first-order chi connectivity index (χ1) is 12.6. The third-order valence-electron chi connectivity index (χ3n) is 5.06. The molecule has 1 saturated heterocycles. The van der Waals surface area contributed by atoms with Gasteiger partial charge in [0.15, 0.2) is 0 Å². The predicted octanol–water partition coefficient (Wildman–Crippen LogP) is 1.99. The number of hydrogen-bond acceptors (Lipinski definition) is 6. The number of unbranched alkanes of at least 4 members (excludes halogenated alkanes) is 6. The first-order valence-electron chi connectivity index (χ1n) is 10.6. The fourth-order valence-electron chi connectivity index (χ4n) is 3.29. The molecule has 0 aromatic carbocycles. The molecule has 0 spiro atoms. The van der Waals surface area contributed by atoms with Crippen LogP contribution in [-0.2, 0) is 9.47 Å². The highest BCUT2D eigenvalue weighted by Gasteiger charge is 2.37. The van der Waals surface area contributed by atoms with Crippen molar-refractivity contribution in [2.24, 2.45) is 0 Å². The Bertz CT molecular complexity index is 331. The van der Waals surface area contributed by atoms with Gasteiger partial charge in [-0.1, -0.05) is 52.4 Å². The molecule has 1 rings (SSSR count). The van der Waals surface area contributed by atoms with Crippen molar-refractivity contribution in [3.8, 4) is 0 Å². The topological polar surface area (TPSA) is 91.2 Å². The maximum atomic E-state index is 10.2. The van der Waals surface area contributed by atoms with Crippen LogP contribution < -0.4 is 5.32 Å². The third-order valence-corrected chi connectivity index (χ3v) is 5.06. The van der Waals surface area contributed by atoms with Crippen LogP contribution >= 0.6 is 0 Å². The minimum atomic E-state index is -1.11. The molecule has 1 fully saturated rings. The molecule has 5 atom stereocenters. The number of hydrogen-bond donors (Lipinski definition) is 4. The lowest BCUT2D eigenvalue weighted by Crippen LogP contribution is -2.60. The third kappa shape index (κ3) is 9.62. The second kappa shape index (κ2) is 14.8. The summed E-state index contributed by atoms with van der Waals surface area (Å²) in [7, 11) is 0. The Morgan fingerprint density at radius 3 is 2.19 bits per heavy atom. The second-order valence-electron chi connectivity index (χ2n) is 7.49. The molecule has 0 aliphatic carbocycles. The zero-order valence-corrected chi connectivity index (χ0v) is 16.7. The van der Waals surface area contributed by atoms with Gasteiger partial charge in [-0.25, -0.2) is 0 Å². The number of aliphatic hydroxyl groups is 3. The molecule has 4 N–H and O–H groups in total. The minimum Gasteiger partial charge on any atom is -0.389 e. The van der Waals surface area contributed by atoms with Crippen LogP contribution in [0.2, 0.25) is 0 Å². The van der Waals surface area contributed by atoms with E-state index in [9.17, 15) is 15.3 Å². The van der Waals surface area contributed by atoms with E-state index >= 15 is 0 Å². The van der Waals surface area contributed by atoms with Gasteiger partial charge in [-0.15, -0.1) is 0 Å². The molecule has 6 heteroatoms. The van der Waals surface area contributed by atoms with Crippen LogP contribution in [0.1, 0.15) is 71.6 Å². The highest BCUT2D eigenvalue weighted by Crippen LogP contribution is 2.17. The van der Waals surface area contributed by atoms with Gasteiger partial charge >= 0.3 is 0 Å². The Morgan fingerprint density at radius 1 is 0.885 bits per heavy atom. The Balaban J connectivity index is 2.37. The van der Waals surface area contributed by atoms with Crippen molar-refractivity contribution in [3.05, 3.63) is 0 Å². The van der Waals surface area contributed by atoms with Gasteiger partial charge in [-0.2, -0.15) is 0 Å². The van der Waals surface area contributed by atoms with Crippen molar-refractivity contribution >= 4 is 0 Å². The van der Waals surface area contributed by atoms with Gasteiger partial charge in [-0.05, 0) is 19.3 Å². The molecule has 156 valence electrons. The van der Waals surface area contributed by atoms with Crippen molar-refractivity contribution in [2.45, 2.75) is 102 Å². The molecule has 1 heterocycles. The van der Waals surface area contributed by atoms with E-state index in [1.165, 1.54) is 32.1 Å². The molecular formula is C20H41NO5. The molecule has 6 nitrogen and oxygen atoms in total. The maximum Gasteiger partial charge on any atom is 0.108 e. The van der Waals surface area contributed by atoms with Crippen molar-refractivity contribution < 1.29 is 24.8 Å². The number of ether oxygens (including phenoxy) is 2. The number of β-amino-alcohol motifs (C(OH)–C–C–N with tert-alkyl or cyclic N) is 1. The SMILES string of the molecule is CCCCCCOC[C@@H](C[C@H]1NC[C@@H](O)[C@H](O)[C@H]1O)OCCCCCC. The van der Waals surface area contributed by atoms with E-state index in [1.54, 1.807) is 0 Å². The fourth-order valence-corrected chi connectivity index (χ4v) is 3.29. The normalized spacial score (nSPS) is 27.6. The average Bonchev–Trinajstić information content (AvgIpc) is 2.64. The summed E-state index contributed by atoms with van der Waals surface area (Å²) >= 11 is 0. The summed E-state index contributed by atoms with van der Waals surface area (Å²) < 4.78 is 11.8. The van der Waals surface area contributed by atoms with Crippen LogP contribution in [-0.4, -0.2) is 72.1 Å². The molecule has 1 aliphatic rings. The standard InChI is InChI=1S/C20H41NO5/c1-3-5-7-9-11-25-15-16(26-12-10-8-6-4-2)13-17-19(23)20(24)18(22)14-21-17/h16-24H,3-15H2,1-2H3/t16-,17-,18-,19+,20+/m1/s1. The molecule has 26 heavy (non-hydrogen) atoms. The van der Waals surface area contributed by atoms with E-state index in [4.69, 9.17) is 9.47 Å². The van der Waals surface area contributed by atoms with Crippen LogP contribution in [0, 0.1) is 0 Å². The first kappa shape index (κ1) is 23.8. The quantitative estimate of drug-likeness (QED) is 0.327. The zero-order chi connectivity index (χ0) is 19.2. The van der Waals surface area contributed by atoms with Gasteiger partial charge in [0.2, 0.25) is 0 Å². The number of nitrogens with one attached hydrogen (secondary N) is 1.